The van der Waals surface area contributed by atoms with Crippen LogP contribution in [0.5, 0.6) is 5.75 Å². The summed E-state index contributed by atoms with van der Waals surface area (Å²) in [5, 5.41) is 0.728. The summed E-state index contributed by atoms with van der Waals surface area (Å²) in [7, 11) is 0. The van der Waals surface area contributed by atoms with Gasteiger partial charge in [-0.2, -0.15) is 0 Å². The molecule has 0 aliphatic carbocycles. The van der Waals surface area contributed by atoms with Crippen molar-refractivity contribution in [3.05, 3.63) is 65.1 Å². The summed E-state index contributed by atoms with van der Waals surface area (Å²) in [4.78, 5) is 20.1. The van der Waals surface area contributed by atoms with E-state index in [0.29, 0.717) is 18.1 Å². The average molecular weight is 381 g/mol. The topological polar surface area (TPSA) is 41.9 Å². The molecule has 140 valence electrons. The predicted octanol–water partition coefficient (Wildman–Crippen LogP) is 5.49. The number of ether oxygens (including phenoxy) is 1. The molecular formula is C22H24N2O2S. The third-order valence-corrected chi connectivity index (χ3v) is 4.99. The molecule has 0 N–H and O–H groups in total. The van der Waals surface area contributed by atoms with Crippen LogP contribution < -0.4 is 4.74 Å². The van der Waals surface area contributed by atoms with Crippen molar-refractivity contribution in [2.75, 3.05) is 13.2 Å². The van der Waals surface area contributed by atoms with E-state index in [-0.39, 0.29) is 5.91 Å². The second kappa shape index (κ2) is 9.42. The van der Waals surface area contributed by atoms with E-state index in [1.165, 1.54) is 11.8 Å². The van der Waals surface area contributed by atoms with Gasteiger partial charge < -0.3 is 4.74 Å². The van der Waals surface area contributed by atoms with Crippen molar-refractivity contribution in [3.8, 4) is 5.75 Å². The molecule has 0 aromatic heterocycles. The summed E-state index contributed by atoms with van der Waals surface area (Å²) in [5.41, 5.74) is 1.76. The van der Waals surface area contributed by atoms with Crippen LogP contribution in [0, 0.1) is 0 Å². The molecule has 0 radical (unpaired) electrons. The molecule has 5 heteroatoms. The van der Waals surface area contributed by atoms with Gasteiger partial charge in [0.25, 0.3) is 5.91 Å². The van der Waals surface area contributed by atoms with E-state index in [1.807, 2.05) is 60.7 Å². The van der Waals surface area contributed by atoms with Gasteiger partial charge >= 0.3 is 0 Å². The fourth-order valence-electron chi connectivity index (χ4n) is 2.71. The summed E-state index contributed by atoms with van der Waals surface area (Å²) in [5.74, 6) is 0.803. The number of aliphatic imine (C=N–C) groups is 1. The number of hydrogen-bond donors (Lipinski definition) is 0. The standard InChI is InChI=1S/C22H24N2O2S/c1-3-14-24-21(25)20(27-22(24)23-18-11-6-5-7-12-18)16-17-10-8-9-13-19(17)26-15-4-2/h5-13,16H,3-4,14-15H2,1-2H3/b20-16+,23-22?. The number of benzene rings is 2. The molecule has 1 heterocycles. The van der Waals surface area contributed by atoms with Gasteiger partial charge in [0.2, 0.25) is 0 Å². The van der Waals surface area contributed by atoms with E-state index in [2.05, 4.69) is 18.8 Å². The third-order valence-electron chi connectivity index (χ3n) is 3.98. The molecular weight excluding hydrogens is 356 g/mol. The van der Waals surface area contributed by atoms with Gasteiger partial charge in [-0.05, 0) is 48.9 Å². The summed E-state index contributed by atoms with van der Waals surface area (Å²) >= 11 is 1.42. The SMILES string of the molecule is CCCOc1ccccc1/C=C1/SC(=Nc2ccccc2)N(CCC)C1=O. The molecule has 0 spiro atoms. The zero-order valence-electron chi connectivity index (χ0n) is 15.7. The van der Waals surface area contributed by atoms with Gasteiger partial charge in [-0.3, -0.25) is 9.69 Å². The molecule has 0 atom stereocenters. The molecule has 0 bridgehead atoms. The molecule has 2 aromatic rings. The quantitative estimate of drug-likeness (QED) is 0.597. The Morgan fingerprint density at radius 1 is 1.04 bits per heavy atom. The maximum absolute atomic E-state index is 12.9. The van der Waals surface area contributed by atoms with E-state index in [9.17, 15) is 4.79 Å². The zero-order chi connectivity index (χ0) is 19.1. The Bertz CT molecular complexity index is 846. The Hall–Kier alpha value is -2.53. The maximum atomic E-state index is 12.9. The number of carbonyl (C=O) groups is 1. The fraction of sp³-hybridized carbons (Fsp3) is 0.273. The molecule has 4 nitrogen and oxygen atoms in total. The van der Waals surface area contributed by atoms with E-state index in [1.54, 1.807) is 4.90 Å². The van der Waals surface area contributed by atoms with E-state index in [4.69, 9.17) is 4.74 Å². The minimum Gasteiger partial charge on any atom is -0.493 e. The van der Waals surface area contributed by atoms with Crippen molar-refractivity contribution in [3.63, 3.8) is 0 Å². The van der Waals surface area contributed by atoms with Crippen molar-refractivity contribution in [2.45, 2.75) is 26.7 Å². The van der Waals surface area contributed by atoms with Gasteiger partial charge in [0.1, 0.15) is 5.75 Å². The van der Waals surface area contributed by atoms with Crippen LogP contribution in [-0.2, 0) is 4.79 Å². The minimum atomic E-state index is 0.00169. The molecule has 27 heavy (non-hydrogen) atoms. The number of rotatable bonds is 7. The summed E-state index contributed by atoms with van der Waals surface area (Å²) in [6.45, 7) is 5.45. The van der Waals surface area contributed by atoms with Crippen LogP contribution in [0.4, 0.5) is 5.69 Å². The molecule has 1 aliphatic rings. The van der Waals surface area contributed by atoms with Crippen molar-refractivity contribution >= 4 is 34.6 Å². The van der Waals surface area contributed by atoms with Gasteiger partial charge in [0, 0.05) is 12.1 Å². The summed E-state index contributed by atoms with van der Waals surface area (Å²) in [6.07, 6.45) is 3.73. The van der Waals surface area contributed by atoms with Crippen LogP contribution in [-0.4, -0.2) is 29.1 Å². The zero-order valence-corrected chi connectivity index (χ0v) is 16.5. The predicted molar refractivity (Wildman–Crippen MR) is 113 cm³/mol. The summed E-state index contributed by atoms with van der Waals surface area (Å²) < 4.78 is 5.82. The smallest absolute Gasteiger partial charge is 0.266 e. The van der Waals surface area contributed by atoms with Crippen molar-refractivity contribution in [1.82, 2.24) is 4.90 Å². The lowest BCUT2D eigenvalue weighted by molar-refractivity contribution is -0.122. The Balaban J connectivity index is 1.92. The van der Waals surface area contributed by atoms with Gasteiger partial charge in [-0.1, -0.05) is 50.2 Å². The number of nitrogens with zero attached hydrogens (tertiary/aromatic N) is 2. The highest BCUT2D eigenvalue weighted by Gasteiger charge is 2.32. The average Bonchev–Trinajstić information content (AvgIpc) is 2.97. The number of thioether (sulfide) groups is 1. The van der Waals surface area contributed by atoms with Crippen molar-refractivity contribution in [1.29, 1.82) is 0 Å². The normalized spacial score (nSPS) is 17.1. The number of amides is 1. The maximum Gasteiger partial charge on any atom is 0.266 e. The molecule has 0 saturated carbocycles. The highest BCUT2D eigenvalue weighted by atomic mass is 32.2. The first-order valence-corrected chi connectivity index (χ1v) is 10.1. The van der Waals surface area contributed by atoms with Gasteiger partial charge in [0.05, 0.1) is 17.2 Å². The third kappa shape index (κ3) is 4.80. The van der Waals surface area contributed by atoms with Crippen LogP contribution in [0.3, 0.4) is 0 Å². The Morgan fingerprint density at radius 3 is 2.52 bits per heavy atom. The van der Waals surface area contributed by atoms with Crippen molar-refractivity contribution < 1.29 is 9.53 Å². The molecule has 1 saturated heterocycles. The first-order chi connectivity index (χ1) is 13.2. The molecule has 2 aromatic carbocycles. The first kappa shape index (κ1) is 19.2. The Morgan fingerprint density at radius 2 is 1.78 bits per heavy atom. The monoisotopic (exact) mass is 380 g/mol. The Kier molecular flexibility index (Phi) is 6.71. The molecule has 3 rings (SSSR count). The van der Waals surface area contributed by atoms with Crippen LogP contribution in [0.15, 0.2) is 64.5 Å². The van der Waals surface area contributed by atoms with Crippen LogP contribution in [0.2, 0.25) is 0 Å². The van der Waals surface area contributed by atoms with Crippen LogP contribution in [0.1, 0.15) is 32.3 Å². The van der Waals surface area contributed by atoms with Crippen LogP contribution in [0.25, 0.3) is 6.08 Å². The lowest BCUT2D eigenvalue weighted by Crippen LogP contribution is -2.29. The number of carbonyl (C=O) groups excluding carboxylic acids is 1. The molecule has 0 unspecified atom stereocenters. The highest BCUT2D eigenvalue weighted by Crippen LogP contribution is 2.35. The van der Waals surface area contributed by atoms with E-state index >= 15 is 0 Å². The van der Waals surface area contributed by atoms with Gasteiger partial charge in [-0.15, -0.1) is 0 Å². The minimum absolute atomic E-state index is 0.00169. The molecule has 1 aliphatic heterocycles. The fourth-order valence-corrected chi connectivity index (χ4v) is 3.73. The first-order valence-electron chi connectivity index (χ1n) is 9.30. The van der Waals surface area contributed by atoms with Gasteiger partial charge in [-0.25, -0.2) is 4.99 Å². The lowest BCUT2D eigenvalue weighted by atomic mass is 10.2. The van der Waals surface area contributed by atoms with Gasteiger partial charge in [0.15, 0.2) is 5.17 Å². The molecule has 1 amide bonds. The van der Waals surface area contributed by atoms with Crippen molar-refractivity contribution in [2.24, 2.45) is 4.99 Å². The molecule has 1 fully saturated rings. The lowest BCUT2D eigenvalue weighted by Gasteiger charge is -2.13. The highest BCUT2D eigenvalue weighted by molar-refractivity contribution is 8.18. The number of para-hydroxylation sites is 2. The van der Waals surface area contributed by atoms with E-state index < -0.39 is 0 Å². The van der Waals surface area contributed by atoms with Crippen LogP contribution >= 0.6 is 11.8 Å². The van der Waals surface area contributed by atoms with E-state index in [0.717, 1.165) is 35.0 Å². The second-order valence-electron chi connectivity index (χ2n) is 6.18. The Labute approximate surface area is 164 Å². The largest absolute Gasteiger partial charge is 0.493 e. The number of hydrogen-bond acceptors (Lipinski definition) is 4. The summed E-state index contributed by atoms with van der Waals surface area (Å²) in [6, 6.07) is 17.6. The second-order valence-corrected chi connectivity index (χ2v) is 7.19. The number of amidine groups is 1.